The van der Waals surface area contributed by atoms with Gasteiger partial charge in [-0.15, -0.1) is 0 Å². The van der Waals surface area contributed by atoms with E-state index in [1.165, 1.54) is 6.08 Å². The van der Waals surface area contributed by atoms with Gasteiger partial charge in [-0.1, -0.05) is 29.3 Å². The first-order valence-electron chi connectivity index (χ1n) is 11.1. The second-order valence-corrected chi connectivity index (χ2v) is 8.46. The summed E-state index contributed by atoms with van der Waals surface area (Å²) in [5.74, 6) is 0.184. The molecule has 0 aliphatic carbocycles. The van der Waals surface area contributed by atoms with E-state index in [0.29, 0.717) is 64.7 Å². The minimum absolute atomic E-state index is 0.264. The van der Waals surface area contributed by atoms with E-state index in [0.717, 1.165) is 5.69 Å². The molecule has 9 heteroatoms. The summed E-state index contributed by atoms with van der Waals surface area (Å²) in [6, 6.07) is 13.9. The van der Waals surface area contributed by atoms with Gasteiger partial charge in [0.2, 0.25) is 5.91 Å². The van der Waals surface area contributed by atoms with Gasteiger partial charge in [0.1, 0.15) is 11.5 Å². The van der Waals surface area contributed by atoms with Crippen LogP contribution in [0.5, 0.6) is 0 Å². The number of nitrogens with zero attached hydrogens (tertiary/aromatic N) is 1. The van der Waals surface area contributed by atoms with Gasteiger partial charge >= 0.3 is 5.97 Å². The van der Waals surface area contributed by atoms with E-state index in [1.54, 1.807) is 55.5 Å². The number of amides is 1. The molecular formula is C26H24Cl2N2O5. The highest BCUT2D eigenvalue weighted by Crippen LogP contribution is 2.34. The summed E-state index contributed by atoms with van der Waals surface area (Å²) in [4.78, 5) is 27.1. The van der Waals surface area contributed by atoms with E-state index in [2.05, 4.69) is 10.2 Å². The molecule has 0 bridgehead atoms. The Kier molecular flexibility index (Phi) is 8.13. The number of furan rings is 1. The number of rotatable bonds is 7. The van der Waals surface area contributed by atoms with Crippen LogP contribution in [0, 0.1) is 0 Å². The summed E-state index contributed by atoms with van der Waals surface area (Å²) in [5.41, 5.74) is 2.34. The third kappa shape index (κ3) is 6.06. The van der Waals surface area contributed by atoms with E-state index >= 15 is 0 Å². The maximum atomic E-state index is 12.8. The number of hydrogen-bond donors (Lipinski definition) is 1. The number of anilines is 2. The van der Waals surface area contributed by atoms with Crippen LogP contribution in [-0.4, -0.2) is 44.8 Å². The second kappa shape index (κ2) is 11.4. The molecule has 4 rings (SSSR count). The second-order valence-electron chi connectivity index (χ2n) is 7.68. The smallest absolute Gasteiger partial charge is 0.338 e. The van der Waals surface area contributed by atoms with Crippen LogP contribution in [0.25, 0.3) is 17.4 Å². The lowest BCUT2D eigenvalue weighted by Crippen LogP contribution is -2.36. The van der Waals surface area contributed by atoms with Crippen LogP contribution in [-0.2, 0) is 14.3 Å². The SMILES string of the molecule is CCOC(=O)c1ccc(N2CCOCC2)c(NC(=O)/C=C/c2ccc(-c3cccc(Cl)c3Cl)o2)c1. The number of carbonyl (C=O) groups excluding carboxylic acids is 2. The highest BCUT2D eigenvalue weighted by molar-refractivity contribution is 6.43. The summed E-state index contributed by atoms with van der Waals surface area (Å²) < 4.78 is 16.3. The topological polar surface area (TPSA) is 81.0 Å². The van der Waals surface area contributed by atoms with Gasteiger partial charge in [0.25, 0.3) is 0 Å². The summed E-state index contributed by atoms with van der Waals surface area (Å²) >= 11 is 12.4. The van der Waals surface area contributed by atoms with Crippen LogP contribution in [0.1, 0.15) is 23.0 Å². The van der Waals surface area contributed by atoms with E-state index in [-0.39, 0.29) is 12.5 Å². The van der Waals surface area contributed by atoms with Crippen molar-refractivity contribution in [2.45, 2.75) is 6.92 Å². The molecule has 0 unspecified atom stereocenters. The average molecular weight is 515 g/mol. The predicted molar refractivity (Wildman–Crippen MR) is 137 cm³/mol. The quantitative estimate of drug-likeness (QED) is 0.311. The molecule has 1 aromatic heterocycles. The Hall–Kier alpha value is -3.26. The lowest BCUT2D eigenvalue weighted by atomic mass is 10.1. The molecule has 2 aromatic carbocycles. The van der Waals surface area contributed by atoms with Crippen molar-refractivity contribution >= 4 is 52.5 Å². The molecule has 1 amide bonds. The van der Waals surface area contributed by atoms with Crippen LogP contribution >= 0.6 is 23.2 Å². The first kappa shape index (κ1) is 24.9. The average Bonchev–Trinajstić information content (AvgIpc) is 3.34. The molecule has 0 spiro atoms. The number of benzene rings is 2. The first-order chi connectivity index (χ1) is 17.0. The Labute approximate surface area is 213 Å². The van der Waals surface area contributed by atoms with Crippen molar-refractivity contribution < 1.29 is 23.5 Å². The Morgan fingerprint density at radius 1 is 1.11 bits per heavy atom. The van der Waals surface area contributed by atoms with Crippen molar-refractivity contribution in [1.29, 1.82) is 0 Å². The van der Waals surface area contributed by atoms with Crippen molar-refractivity contribution in [3.8, 4) is 11.3 Å². The van der Waals surface area contributed by atoms with Gasteiger partial charge in [-0.25, -0.2) is 4.79 Å². The third-order valence-corrected chi connectivity index (χ3v) is 6.18. The zero-order valence-corrected chi connectivity index (χ0v) is 20.6. The number of ether oxygens (including phenoxy) is 2. The van der Waals surface area contributed by atoms with Crippen molar-refractivity contribution in [2.75, 3.05) is 43.1 Å². The molecule has 182 valence electrons. The maximum Gasteiger partial charge on any atom is 0.338 e. The Morgan fingerprint density at radius 2 is 1.91 bits per heavy atom. The zero-order valence-electron chi connectivity index (χ0n) is 19.1. The Morgan fingerprint density at radius 3 is 2.69 bits per heavy atom. The fourth-order valence-corrected chi connectivity index (χ4v) is 4.06. The number of carbonyl (C=O) groups is 2. The molecule has 0 saturated carbocycles. The minimum atomic E-state index is -0.449. The minimum Gasteiger partial charge on any atom is -0.462 e. The van der Waals surface area contributed by atoms with Gasteiger partial charge in [-0.2, -0.15) is 0 Å². The first-order valence-corrected chi connectivity index (χ1v) is 11.9. The van der Waals surface area contributed by atoms with E-state index in [1.807, 2.05) is 6.07 Å². The predicted octanol–water partition coefficient (Wildman–Crippen LogP) is 5.92. The van der Waals surface area contributed by atoms with Crippen LogP contribution in [0.3, 0.4) is 0 Å². The molecule has 1 fully saturated rings. The molecule has 1 aliphatic rings. The number of morpholine rings is 1. The molecule has 7 nitrogen and oxygen atoms in total. The van der Waals surface area contributed by atoms with Gasteiger partial charge < -0.3 is 24.1 Å². The summed E-state index contributed by atoms with van der Waals surface area (Å²) in [5, 5.41) is 3.70. The van der Waals surface area contributed by atoms with E-state index < -0.39 is 5.97 Å². The van der Waals surface area contributed by atoms with Gasteiger partial charge in [0.05, 0.1) is 46.8 Å². The number of hydrogen-bond acceptors (Lipinski definition) is 6. The fourth-order valence-electron chi connectivity index (χ4n) is 3.67. The van der Waals surface area contributed by atoms with Gasteiger partial charge in [0, 0.05) is 24.7 Å². The number of esters is 1. The molecular weight excluding hydrogens is 491 g/mol. The van der Waals surface area contributed by atoms with Crippen LogP contribution < -0.4 is 10.2 Å². The van der Waals surface area contributed by atoms with Crippen LogP contribution in [0.15, 0.2) is 59.0 Å². The molecule has 1 N–H and O–H groups in total. The highest BCUT2D eigenvalue weighted by atomic mass is 35.5. The Balaban J connectivity index is 1.52. The maximum absolute atomic E-state index is 12.8. The summed E-state index contributed by atoms with van der Waals surface area (Å²) in [6.07, 6.45) is 2.92. The van der Waals surface area contributed by atoms with Crippen LogP contribution in [0.2, 0.25) is 10.0 Å². The monoisotopic (exact) mass is 514 g/mol. The molecule has 0 atom stereocenters. The third-order valence-electron chi connectivity index (χ3n) is 5.36. The number of nitrogens with one attached hydrogen (secondary N) is 1. The largest absolute Gasteiger partial charge is 0.462 e. The lowest BCUT2D eigenvalue weighted by Gasteiger charge is -2.30. The van der Waals surface area contributed by atoms with Gasteiger partial charge in [0.15, 0.2) is 0 Å². The molecule has 2 heterocycles. The summed E-state index contributed by atoms with van der Waals surface area (Å²) in [6.45, 7) is 4.54. The standard InChI is InChI=1S/C26H24Cl2N2O5/c1-2-34-26(32)17-6-9-22(30-12-14-33-15-13-30)21(16-17)29-24(31)11-8-18-7-10-23(35-18)19-4-3-5-20(27)25(19)28/h3-11,16H,2,12-15H2,1H3,(H,29,31)/b11-8+. The fraction of sp³-hybridized carbons (Fsp3) is 0.231. The zero-order chi connectivity index (χ0) is 24.8. The Bertz CT molecular complexity index is 1250. The van der Waals surface area contributed by atoms with Crippen molar-refractivity contribution in [3.05, 3.63) is 76.0 Å². The molecule has 1 aliphatic heterocycles. The van der Waals surface area contributed by atoms with Crippen LogP contribution in [0.4, 0.5) is 11.4 Å². The molecule has 0 radical (unpaired) electrons. The van der Waals surface area contributed by atoms with E-state index in [9.17, 15) is 9.59 Å². The number of halogens is 2. The molecule has 3 aromatic rings. The molecule has 1 saturated heterocycles. The van der Waals surface area contributed by atoms with Gasteiger partial charge in [-0.3, -0.25) is 4.79 Å². The van der Waals surface area contributed by atoms with Gasteiger partial charge in [-0.05, 0) is 55.5 Å². The van der Waals surface area contributed by atoms with Crippen molar-refractivity contribution in [1.82, 2.24) is 0 Å². The van der Waals surface area contributed by atoms with E-state index in [4.69, 9.17) is 37.1 Å². The lowest BCUT2D eigenvalue weighted by molar-refractivity contribution is -0.111. The highest BCUT2D eigenvalue weighted by Gasteiger charge is 2.18. The summed E-state index contributed by atoms with van der Waals surface area (Å²) in [7, 11) is 0. The van der Waals surface area contributed by atoms with Crippen molar-refractivity contribution in [3.63, 3.8) is 0 Å². The van der Waals surface area contributed by atoms with Crippen molar-refractivity contribution in [2.24, 2.45) is 0 Å². The normalized spacial score (nSPS) is 13.7. The molecule has 35 heavy (non-hydrogen) atoms.